The quantitative estimate of drug-likeness (QED) is 0.619. The largest absolute Gasteiger partial charge is 0.462 e. The lowest BCUT2D eigenvalue weighted by atomic mass is 9.95. The van der Waals surface area contributed by atoms with Crippen molar-refractivity contribution in [2.75, 3.05) is 6.61 Å². The molecule has 0 saturated carbocycles. The number of fused-ring (bicyclic) bond motifs is 1. The number of rotatable bonds is 7. The fourth-order valence-electron chi connectivity index (χ4n) is 3.37. The van der Waals surface area contributed by atoms with Crippen molar-refractivity contribution in [3.8, 4) is 5.69 Å². The summed E-state index contributed by atoms with van der Waals surface area (Å²) in [6, 6.07) is 7.47. The first-order valence-electron chi connectivity index (χ1n) is 9.50. The number of aromatic nitrogens is 3. The number of benzene rings is 1. The average molecular weight is 385 g/mol. The number of aliphatic hydroxyl groups excluding tert-OH is 1. The third-order valence-electron chi connectivity index (χ3n) is 4.82. The molecule has 2 aromatic heterocycles. The standard InChI is InChI=1S/C21H24FN3O3/c1-4-13(5-2)19-18-17(21(27)28-6-3)11-15(12-26)23-20(18)25(24-19)16-9-7-14(22)8-10-16/h7-11,13,26H,4-6,12H2,1-3H3. The highest BCUT2D eigenvalue weighted by Crippen LogP contribution is 2.33. The van der Waals surface area contributed by atoms with E-state index in [9.17, 15) is 14.3 Å². The molecule has 0 radical (unpaired) electrons. The predicted octanol–water partition coefficient (Wildman–Crippen LogP) is 4.13. The van der Waals surface area contributed by atoms with E-state index in [1.165, 1.54) is 12.1 Å². The summed E-state index contributed by atoms with van der Waals surface area (Å²) in [4.78, 5) is 17.2. The van der Waals surface area contributed by atoms with E-state index >= 15 is 0 Å². The minimum atomic E-state index is -0.476. The van der Waals surface area contributed by atoms with Crippen molar-refractivity contribution < 1.29 is 19.0 Å². The molecule has 1 aromatic carbocycles. The van der Waals surface area contributed by atoms with Crippen molar-refractivity contribution in [1.29, 1.82) is 0 Å². The molecule has 1 N–H and O–H groups in total. The molecule has 0 aliphatic heterocycles. The number of pyridine rings is 1. The first-order valence-corrected chi connectivity index (χ1v) is 9.50. The molecule has 0 aliphatic rings. The van der Waals surface area contributed by atoms with Gasteiger partial charge in [-0.1, -0.05) is 13.8 Å². The Hall–Kier alpha value is -2.80. The van der Waals surface area contributed by atoms with Gasteiger partial charge in [0.25, 0.3) is 0 Å². The van der Waals surface area contributed by atoms with Crippen LogP contribution in [0.5, 0.6) is 0 Å². The van der Waals surface area contributed by atoms with Crippen LogP contribution in [0, 0.1) is 5.82 Å². The Morgan fingerprint density at radius 1 is 1.21 bits per heavy atom. The van der Waals surface area contributed by atoms with Crippen LogP contribution in [0.3, 0.4) is 0 Å². The zero-order valence-corrected chi connectivity index (χ0v) is 16.3. The Morgan fingerprint density at radius 2 is 1.89 bits per heavy atom. The van der Waals surface area contributed by atoms with Crippen LogP contribution >= 0.6 is 0 Å². The summed E-state index contributed by atoms with van der Waals surface area (Å²) in [6.07, 6.45) is 1.69. The van der Waals surface area contributed by atoms with Crippen molar-refractivity contribution in [1.82, 2.24) is 14.8 Å². The fourth-order valence-corrected chi connectivity index (χ4v) is 3.37. The van der Waals surface area contributed by atoms with Crippen molar-refractivity contribution in [3.05, 3.63) is 53.1 Å². The van der Waals surface area contributed by atoms with Crippen molar-refractivity contribution in [3.63, 3.8) is 0 Å². The summed E-state index contributed by atoms with van der Waals surface area (Å²) in [7, 11) is 0. The van der Waals surface area contributed by atoms with E-state index in [1.807, 2.05) is 0 Å². The third-order valence-corrected chi connectivity index (χ3v) is 4.82. The Labute approximate surface area is 163 Å². The summed E-state index contributed by atoms with van der Waals surface area (Å²) in [5.74, 6) is -0.703. The van der Waals surface area contributed by atoms with Gasteiger partial charge in [-0.3, -0.25) is 0 Å². The molecule has 0 unspecified atom stereocenters. The van der Waals surface area contributed by atoms with Crippen LogP contribution < -0.4 is 0 Å². The van der Waals surface area contributed by atoms with E-state index < -0.39 is 5.97 Å². The smallest absolute Gasteiger partial charge is 0.339 e. The molecule has 0 amide bonds. The van der Waals surface area contributed by atoms with Crippen molar-refractivity contribution >= 4 is 17.0 Å². The average Bonchev–Trinajstić information content (AvgIpc) is 3.08. The number of esters is 1. The Morgan fingerprint density at radius 3 is 2.46 bits per heavy atom. The highest BCUT2D eigenvalue weighted by atomic mass is 19.1. The second-order valence-corrected chi connectivity index (χ2v) is 6.53. The molecule has 3 aromatic rings. The summed E-state index contributed by atoms with van der Waals surface area (Å²) in [5, 5.41) is 15.0. The molecule has 3 rings (SSSR count). The van der Waals surface area contributed by atoms with Gasteiger partial charge >= 0.3 is 5.97 Å². The number of hydrogen-bond acceptors (Lipinski definition) is 5. The lowest BCUT2D eigenvalue weighted by Gasteiger charge is -2.11. The van der Waals surface area contributed by atoms with E-state index in [-0.39, 0.29) is 24.9 Å². The number of aliphatic hydroxyl groups is 1. The van der Waals surface area contributed by atoms with Crippen LogP contribution in [0.4, 0.5) is 4.39 Å². The summed E-state index contributed by atoms with van der Waals surface area (Å²) in [5.41, 5.74) is 2.51. The van der Waals surface area contributed by atoms with Gasteiger partial charge in [0.15, 0.2) is 5.65 Å². The van der Waals surface area contributed by atoms with Gasteiger partial charge in [0.1, 0.15) is 5.82 Å². The maximum atomic E-state index is 13.4. The maximum Gasteiger partial charge on any atom is 0.339 e. The number of carbonyl (C=O) groups excluding carboxylic acids is 1. The summed E-state index contributed by atoms with van der Waals surface area (Å²) >= 11 is 0. The lowest BCUT2D eigenvalue weighted by Crippen LogP contribution is -2.09. The van der Waals surface area contributed by atoms with Crippen molar-refractivity contribution in [2.45, 2.75) is 46.1 Å². The van der Waals surface area contributed by atoms with Gasteiger partial charge in [-0.05, 0) is 50.1 Å². The van der Waals surface area contributed by atoms with E-state index in [0.717, 1.165) is 18.5 Å². The van der Waals surface area contributed by atoms with Gasteiger partial charge < -0.3 is 9.84 Å². The van der Waals surface area contributed by atoms with E-state index in [0.29, 0.717) is 28.0 Å². The zero-order valence-electron chi connectivity index (χ0n) is 16.3. The first kappa shape index (κ1) is 19.9. The number of halogens is 1. The molecule has 0 fully saturated rings. The molecule has 0 aliphatic carbocycles. The highest BCUT2D eigenvalue weighted by Gasteiger charge is 2.26. The Kier molecular flexibility index (Phi) is 6.04. The van der Waals surface area contributed by atoms with Crippen LogP contribution in [-0.4, -0.2) is 32.4 Å². The van der Waals surface area contributed by atoms with E-state index in [1.54, 1.807) is 29.8 Å². The molecule has 0 atom stereocenters. The molecular formula is C21H24FN3O3. The fraction of sp³-hybridized carbons (Fsp3) is 0.381. The Balaban J connectivity index is 2.37. The zero-order chi connectivity index (χ0) is 20.3. The molecule has 0 bridgehead atoms. The number of carbonyl (C=O) groups is 1. The molecule has 148 valence electrons. The van der Waals surface area contributed by atoms with E-state index in [4.69, 9.17) is 9.84 Å². The second-order valence-electron chi connectivity index (χ2n) is 6.53. The topological polar surface area (TPSA) is 77.2 Å². The van der Waals surface area contributed by atoms with Gasteiger partial charge in [-0.15, -0.1) is 0 Å². The van der Waals surface area contributed by atoms with Gasteiger partial charge in [0.05, 0.1) is 41.2 Å². The lowest BCUT2D eigenvalue weighted by molar-refractivity contribution is 0.0528. The number of ether oxygens (including phenoxy) is 1. The van der Waals surface area contributed by atoms with Crippen LogP contribution in [0.2, 0.25) is 0 Å². The predicted molar refractivity (Wildman–Crippen MR) is 104 cm³/mol. The normalized spacial score (nSPS) is 11.4. The van der Waals surface area contributed by atoms with Gasteiger partial charge in [0, 0.05) is 5.92 Å². The van der Waals surface area contributed by atoms with Crippen molar-refractivity contribution in [2.24, 2.45) is 0 Å². The summed E-state index contributed by atoms with van der Waals surface area (Å²) < 4.78 is 20.2. The molecular weight excluding hydrogens is 361 g/mol. The number of nitrogens with zero attached hydrogens (tertiary/aromatic N) is 3. The first-order chi connectivity index (χ1) is 13.5. The number of hydrogen-bond donors (Lipinski definition) is 1. The van der Waals surface area contributed by atoms with E-state index in [2.05, 4.69) is 18.8 Å². The molecule has 28 heavy (non-hydrogen) atoms. The molecule has 0 saturated heterocycles. The SMILES string of the molecule is CCOC(=O)c1cc(CO)nc2c1c(C(CC)CC)nn2-c1ccc(F)cc1. The maximum absolute atomic E-state index is 13.4. The molecule has 6 nitrogen and oxygen atoms in total. The van der Waals surface area contributed by atoms with Crippen LogP contribution in [0.1, 0.15) is 61.3 Å². The van der Waals surface area contributed by atoms with Gasteiger partial charge in [-0.25, -0.2) is 18.9 Å². The molecule has 0 spiro atoms. The van der Waals surface area contributed by atoms with Gasteiger partial charge in [-0.2, -0.15) is 5.10 Å². The molecule has 7 heteroatoms. The minimum Gasteiger partial charge on any atom is -0.462 e. The van der Waals surface area contributed by atoms with Crippen LogP contribution in [0.25, 0.3) is 16.7 Å². The van der Waals surface area contributed by atoms with Crippen LogP contribution in [-0.2, 0) is 11.3 Å². The van der Waals surface area contributed by atoms with Gasteiger partial charge in [0.2, 0.25) is 0 Å². The van der Waals surface area contributed by atoms with Crippen LogP contribution in [0.15, 0.2) is 30.3 Å². The third kappa shape index (κ3) is 3.62. The highest BCUT2D eigenvalue weighted by molar-refractivity contribution is 6.04. The molecule has 2 heterocycles. The minimum absolute atomic E-state index is 0.124. The Bertz CT molecular complexity index is 979. The second kappa shape index (κ2) is 8.48. The summed E-state index contributed by atoms with van der Waals surface area (Å²) in [6.45, 7) is 5.79. The monoisotopic (exact) mass is 385 g/mol.